The molecule has 0 aliphatic heterocycles. The lowest BCUT2D eigenvalue weighted by molar-refractivity contribution is -0.924. The van der Waals surface area contributed by atoms with Crippen LogP contribution in [0, 0.1) is 0 Å². The van der Waals surface area contributed by atoms with Crippen LogP contribution >= 0.6 is 0 Å². The van der Waals surface area contributed by atoms with Crippen LogP contribution in [0.3, 0.4) is 0 Å². The van der Waals surface area contributed by atoms with Gasteiger partial charge in [-0.2, -0.15) is 0 Å². The van der Waals surface area contributed by atoms with Crippen LogP contribution in [0.5, 0.6) is 0 Å². The van der Waals surface area contributed by atoms with Crippen LogP contribution in [0.2, 0.25) is 0 Å². The summed E-state index contributed by atoms with van der Waals surface area (Å²) in [4.78, 5) is 11.1. The number of carboxylic acids is 1. The molecule has 0 fully saturated rings. The average molecular weight is 286 g/mol. The Kier molecular flexibility index (Phi) is 10.4. The largest absolute Gasteiger partial charge is 0.477 e. The van der Waals surface area contributed by atoms with Gasteiger partial charge in [0.2, 0.25) is 0 Å². The number of carbonyl (C=O) groups is 1. The summed E-state index contributed by atoms with van der Waals surface area (Å²) < 4.78 is 0.501. The van der Waals surface area contributed by atoms with Crippen molar-refractivity contribution < 1.29 is 19.5 Å². The van der Waals surface area contributed by atoms with E-state index >= 15 is 0 Å². The average Bonchev–Trinajstić information content (AvgIpc) is 2.34. The molecule has 1 unspecified atom stereocenters. The molecule has 0 aromatic heterocycles. The number of allylic oxidation sites excluding steroid dienone is 2. The van der Waals surface area contributed by atoms with Gasteiger partial charge in [0, 0.05) is 0 Å². The Morgan fingerprint density at radius 2 is 1.75 bits per heavy atom. The molecule has 2 N–H and O–H groups in total. The van der Waals surface area contributed by atoms with Gasteiger partial charge in [0.25, 0.3) is 0 Å². The zero-order chi connectivity index (χ0) is 15.4. The maximum atomic E-state index is 11.1. The third-order valence-corrected chi connectivity index (χ3v) is 3.53. The van der Waals surface area contributed by atoms with E-state index in [4.69, 9.17) is 5.11 Å². The van der Waals surface area contributed by atoms with Crippen LogP contribution in [-0.4, -0.2) is 52.9 Å². The van der Waals surface area contributed by atoms with Gasteiger partial charge in [-0.15, -0.1) is 0 Å². The Balaban J connectivity index is 4.58. The van der Waals surface area contributed by atoms with Crippen molar-refractivity contribution >= 4 is 5.97 Å². The minimum absolute atomic E-state index is 0.115. The number of aliphatic carboxylic acids is 1. The minimum Gasteiger partial charge on any atom is -0.477 e. The number of hydrogen-bond acceptors (Lipinski definition) is 2. The molecule has 0 rings (SSSR count). The van der Waals surface area contributed by atoms with Crippen LogP contribution < -0.4 is 0 Å². The van der Waals surface area contributed by atoms with E-state index in [1.807, 2.05) is 0 Å². The van der Waals surface area contributed by atoms with Crippen LogP contribution in [-0.2, 0) is 4.79 Å². The fourth-order valence-corrected chi connectivity index (χ4v) is 2.86. The van der Waals surface area contributed by atoms with Crippen molar-refractivity contribution in [1.29, 1.82) is 0 Å². The maximum Gasteiger partial charge on any atom is 0.359 e. The summed E-state index contributed by atoms with van der Waals surface area (Å²) in [6.45, 7) is 8.54. The summed E-state index contributed by atoms with van der Waals surface area (Å²) >= 11 is 0. The topological polar surface area (TPSA) is 57.5 Å². The molecule has 0 radical (unpaired) electrons. The zero-order valence-corrected chi connectivity index (χ0v) is 13.3. The molecule has 0 amide bonds. The predicted molar refractivity (Wildman–Crippen MR) is 82.6 cm³/mol. The SMILES string of the molecule is CC/C=C/CCC(O)C[N+](CCC)(CCC)CC(=O)O. The van der Waals surface area contributed by atoms with E-state index in [-0.39, 0.29) is 6.54 Å². The van der Waals surface area contributed by atoms with E-state index in [9.17, 15) is 9.90 Å². The van der Waals surface area contributed by atoms with Gasteiger partial charge >= 0.3 is 5.97 Å². The molecule has 0 aliphatic rings. The molecular weight excluding hydrogens is 254 g/mol. The lowest BCUT2D eigenvalue weighted by Crippen LogP contribution is -2.55. The van der Waals surface area contributed by atoms with Crippen molar-refractivity contribution in [2.75, 3.05) is 26.2 Å². The highest BCUT2D eigenvalue weighted by molar-refractivity contribution is 5.67. The summed E-state index contributed by atoms with van der Waals surface area (Å²) in [5.74, 6) is -0.773. The second kappa shape index (κ2) is 10.9. The number of aliphatic hydroxyl groups is 1. The van der Waals surface area contributed by atoms with E-state index in [1.165, 1.54) is 0 Å². The van der Waals surface area contributed by atoms with Gasteiger partial charge in [-0.05, 0) is 32.1 Å². The van der Waals surface area contributed by atoms with Gasteiger partial charge < -0.3 is 14.7 Å². The number of rotatable bonds is 12. The first-order chi connectivity index (χ1) is 9.49. The van der Waals surface area contributed by atoms with Crippen molar-refractivity contribution in [1.82, 2.24) is 0 Å². The molecule has 118 valence electrons. The molecule has 0 saturated carbocycles. The van der Waals surface area contributed by atoms with Gasteiger partial charge in [-0.1, -0.05) is 32.9 Å². The van der Waals surface area contributed by atoms with Crippen molar-refractivity contribution in [2.24, 2.45) is 0 Å². The molecule has 0 saturated heterocycles. The molecule has 0 aromatic carbocycles. The monoisotopic (exact) mass is 286 g/mol. The molecular formula is C16H32NO3+. The van der Waals surface area contributed by atoms with Crippen molar-refractivity contribution in [3.63, 3.8) is 0 Å². The van der Waals surface area contributed by atoms with Crippen molar-refractivity contribution in [3.05, 3.63) is 12.2 Å². The molecule has 0 aromatic rings. The molecule has 20 heavy (non-hydrogen) atoms. The molecule has 1 atom stereocenters. The Morgan fingerprint density at radius 1 is 1.15 bits per heavy atom. The lowest BCUT2D eigenvalue weighted by atomic mass is 10.1. The standard InChI is InChI=1S/C16H31NO3/c1-4-7-8-9-10-15(18)13-17(11-5-2,12-6-3)14-16(19)20/h7-8,15,18H,4-6,9-14H2,1-3H3/p+1/b8-7+. The Morgan fingerprint density at radius 3 is 2.20 bits per heavy atom. The number of aliphatic hydroxyl groups excluding tert-OH is 1. The van der Waals surface area contributed by atoms with Crippen LogP contribution in [0.25, 0.3) is 0 Å². The fraction of sp³-hybridized carbons (Fsp3) is 0.812. The molecule has 0 spiro atoms. The van der Waals surface area contributed by atoms with Gasteiger partial charge in [0.05, 0.1) is 13.1 Å². The highest BCUT2D eigenvalue weighted by Crippen LogP contribution is 2.14. The normalized spacial score (nSPS) is 13.8. The number of carboxylic acid groups (broad SMARTS) is 1. The van der Waals surface area contributed by atoms with E-state index in [0.717, 1.165) is 38.8 Å². The smallest absolute Gasteiger partial charge is 0.359 e. The van der Waals surface area contributed by atoms with E-state index in [0.29, 0.717) is 17.4 Å². The Bertz CT molecular complexity index is 283. The summed E-state index contributed by atoms with van der Waals surface area (Å²) in [6, 6.07) is 0. The third kappa shape index (κ3) is 8.33. The predicted octanol–water partition coefficient (Wildman–Crippen LogP) is 2.82. The van der Waals surface area contributed by atoms with Crippen LogP contribution in [0.15, 0.2) is 12.2 Å². The second-order valence-corrected chi connectivity index (χ2v) is 5.63. The number of hydrogen-bond donors (Lipinski definition) is 2. The third-order valence-electron chi connectivity index (χ3n) is 3.53. The van der Waals surface area contributed by atoms with Crippen molar-refractivity contribution in [3.8, 4) is 0 Å². The molecule has 0 aliphatic carbocycles. The van der Waals surface area contributed by atoms with Crippen molar-refractivity contribution in [2.45, 2.75) is 59.0 Å². The second-order valence-electron chi connectivity index (χ2n) is 5.63. The lowest BCUT2D eigenvalue weighted by Gasteiger charge is -2.38. The first-order valence-corrected chi connectivity index (χ1v) is 7.89. The highest BCUT2D eigenvalue weighted by atomic mass is 16.4. The summed E-state index contributed by atoms with van der Waals surface area (Å²) in [7, 11) is 0. The summed E-state index contributed by atoms with van der Waals surface area (Å²) in [6.07, 6.45) is 8.24. The molecule has 0 bridgehead atoms. The van der Waals surface area contributed by atoms with E-state index in [2.05, 4.69) is 32.9 Å². The number of quaternary nitrogens is 1. The molecule has 4 heteroatoms. The fourth-order valence-electron chi connectivity index (χ4n) is 2.86. The highest BCUT2D eigenvalue weighted by Gasteiger charge is 2.31. The zero-order valence-electron chi connectivity index (χ0n) is 13.3. The van der Waals surface area contributed by atoms with Crippen LogP contribution in [0.1, 0.15) is 52.9 Å². The quantitative estimate of drug-likeness (QED) is 0.428. The van der Waals surface area contributed by atoms with Crippen LogP contribution in [0.4, 0.5) is 0 Å². The first kappa shape index (κ1) is 19.1. The van der Waals surface area contributed by atoms with E-state index in [1.54, 1.807) is 0 Å². The van der Waals surface area contributed by atoms with Gasteiger partial charge in [-0.3, -0.25) is 0 Å². The van der Waals surface area contributed by atoms with Gasteiger partial charge in [0.15, 0.2) is 6.54 Å². The minimum atomic E-state index is -0.773. The summed E-state index contributed by atoms with van der Waals surface area (Å²) in [5, 5.41) is 19.4. The number of nitrogens with zero attached hydrogens (tertiary/aromatic N) is 1. The molecule has 4 nitrogen and oxygen atoms in total. The maximum absolute atomic E-state index is 11.1. The Hall–Kier alpha value is -0.870. The molecule has 0 heterocycles. The Labute approximate surface area is 123 Å². The van der Waals surface area contributed by atoms with Gasteiger partial charge in [-0.25, -0.2) is 4.79 Å². The first-order valence-electron chi connectivity index (χ1n) is 7.89. The van der Waals surface area contributed by atoms with E-state index < -0.39 is 12.1 Å². The summed E-state index contributed by atoms with van der Waals surface area (Å²) in [5.41, 5.74) is 0. The van der Waals surface area contributed by atoms with Gasteiger partial charge in [0.1, 0.15) is 12.6 Å².